The van der Waals surface area contributed by atoms with Gasteiger partial charge in [0, 0.05) is 64.0 Å². The van der Waals surface area contributed by atoms with Gasteiger partial charge in [-0.2, -0.15) is 0 Å². The van der Waals surface area contributed by atoms with Gasteiger partial charge in [0.2, 0.25) is 0 Å². The van der Waals surface area contributed by atoms with Gasteiger partial charge in [-0.05, 0) is 48.0 Å². The second-order valence-electron chi connectivity index (χ2n) is 12.8. The lowest BCUT2D eigenvalue weighted by Gasteiger charge is -2.09. The van der Waals surface area contributed by atoms with Crippen molar-refractivity contribution in [2.75, 3.05) is 0 Å². The van der Waals surface area contributed by atoms with Crippen molar-refractivity contribution in [1.29, 1.82) is 0 Å². The molecule has 0 fully saturated rings. The topological polar surface area (TPSA) is 65.0 Å². The van der Waals surface area contributed by atoms with Crippen molar-refractivity contribution in [3.05, 3.63) is 152 Å². The molecule has 0 aliphatic rings. The highest BCUT2D eigenvalue weighted by atomic mass is 32.1. The molecule has 51 heavy (non-hydrogen) atoms. The van der Waals surface area contributed by atoms with E-state index in [0.717, 1.165) is 76.4 Å². The predicted octanol–water partition coefficient (Wildman–Crippen LogP) is 12.7. The van der Waals surface area contributed by atoms with Crippen molar-refractivity contribution in [2.45, 2.75) is 0 Å². The van der Waals surface area contributed by atoms with Crippen LogP contribution in [0.15, 0.2) is 160 Å². The van der Waals surface area contributed by atoms with E-state index in [-0.39, 0.29) is 0 Å². The molecule has 0 aliphatic carbocycles. The van der Waals surface area contributed by atoms with Crippen molar-refractivity contribution in [3.8, 4) is 45.3 Å². The highest BCUT2D eigenvalue weighted by Crippen LogP contribution is 2.41. The molecule has 0 spiro atoms. The third-order valence-corrected chi connectivity index (χ3v) is 11.0. The smallest absolute Gasteiger partial charge is 0.165 e. The molecule has 0 atom stereocenters. The molecule has 0 aliphatic heterocycles. The van der Waals surface area contributed by atoms with Crippen molar-refractivity contribution in [3.63, 3.8) is 0 Å². The second kappa shape index (κ2) is 10.9. The van der Waals surface area contributed by atoms with Gasteiger partial charge in [0.1, 0.15) is 22.3 Å². The molecular formula is C45H25N3O2S. The Hall–Kier alpha value is -6.63. The zero-order chi connectivity index (χ0) is 33.5. The largest absolute Gasteiger partial charge is 0.456 e. The van der Waals surface area contributed by atoms with Crippen molar-refractivity contribution in [2.24, 2.45) is 0 Å². The molecule has 0 bridgehead atoms. The minimum absolute atomic E-state index is 0.594. The molecule has 11 rings (SSSR count). The molecule has 0 N–H and O–H groups in total. The number of aromatic nitrogens is 3. The Labute approximate surface area is 295 Å². The first-order chi connectivity index (χ1) is 25.2. The molecule has 5 nitrogen and oxygen atoms in total. The van der Waals surface area contributed by atoms with Gasteiger partial charge in [-0.1, -0.05) is 109 Å². The third kappa shape index (κ3) is 4.43. The van der Waals surface area contributed by atoms with Crippen LogP contribution in [0.3, 0.4) is 0 Å². The fraction of sp³-hybridized carbons (Fsp3) is 0. The maximum Gasteiger partial charge on any atom is 0.165 e. The van der Waals surface area contributed by atoms with E-state index in [2.05, 4.69) is 97.1 Å². The monoisotopic (exact) mass is 671 g/mol. The summed E-state index contributed by atoms with van der Waals surface area (Å²) in [5.74, 6) is 1.87. The van der Waals surface area contributed by atoms with Crippen molar-refractivity contribution >= 4 is 75.4 Å². The maximum absolute atomic E-state index is 6.57. The summed E-state index contributed by atoms with van der Waals surface area (Å²) in [6.45, 7) is 0. The normalized spacial score (nSPS) is 11.9. The van der Waals surface area contributed by atoms with Crippen LogP contribution in [0.2, 0.25) is 0 Å². The molecule has 4 heterocycles. The fourth-order valence-corrected chi connectivity index (χ4v) is 8.53. The number of nitrogens with zero attached hydrogens (tertiary/aromatic N) is 3. The molecule has 0 radical (unpaired) electrons. The Morgan fingerprint density at radius 1 is 0.373 bits per heavy atom. The summed E-state index contributed by atoms with van der Waals surface area (Å²) in [5.41, 5.74) is 8.20. The molecular weight excluding hydrogens is 647 g/mol. The standard InChI is InChI=1S/C45H25N3O2S/c1-2-10-26(11-3-1)43-46-44(48-45(47-43)36-17-9-16-35-33-13-5-7-19-40(33)51-42(35)36)28-21-23-32-31-22-20-27(24-38(31)49-39(32)25-28)29-14-8-15-34-30-12-4-6-18-37(30)50-41(29)34/h1-25H. The van der Waals surface area contributed by atoms with Crippen LogP contribution in [0.25, 0.3) is 109 Å². The summed E-state index contributed by atoms with van der Waals surface area (Å²) in [7, 11) is 0. The second-order valence-corrected chi connectivity index (χ2v) is 13.8. The van der Waals surface area contributed by atoms with Gasteiger partial charge in [0.05, 0.1) is 0 Å². The van der Waals surface area contributed by atoms with E-state index in [1.54, 1.807) is 11.3 Å². The first-order valence-corrected chi connectivity index (χ1v) is 17.7. The lowest BCUT2D eigenvalue weighted by Crippen LogP contribution is -2.00. The van der Waals surface area contributed by atoms with Crippen LogP contribution in [-0.2, 0) is 0 Å². The van der Waals surface area contributed by atoms with E-state index in [9.17, 15) is 0 Å². The van der Waals surface area contributed by atoms with Gasteiger partial charge >= 0.3 is 0 Å². The van der Waals surface area contributed by atoms with Crippen molar-refractivity contribution < 1.29 is 8.83 Å². The Morgan fingerprint density at radius 2 is 0.980 bits per heavy atom. The maximum atomic E-state index is 6.57. The molecule has 4 aromatic heterocycles. The molecule has 238 valence electrons. The quantitative estimate of drug-likeness (QED) is 0.186. The Balaban J connectivity index is 1.06. The Bertz CT molecular complexity index is 3160. The number of fused-ring (bicyclic) bond motifs is 9. The van der Waals surface area contributed by atoms with Crippen LogP contribution in [0.5, 0.6) is 0 Å². The van der Waals surface area contributed by atoms with E-state index in [0.29, 0.717) is 17.5 Å². The van der Waals surface area contributed by atoms with E-state index >= 15 is 0 Å². The zero-order valence-corrected chi connectivity index (χ0v) is 27.8. The minimum Gasteiger partial charge on any atom is -0.456 e. The molecule has 7 aromatic carbocycles. The fourth-order valence-electron chi connectivity index (χ4n) is 7.32. The van der Waals surface area contributed by atoms with Gasteiger partial charge in [-0.25, -0.2) is 15.0 Å². The van der Waals surface area contributed by atoms with Crippen LogP contribution >= 0.6 is 11.3 Å². The zero-order valence-electron chi connectivity index (χ0n) is 27.0. The van der Waals surface area contributed by atoms with Gasteiger partial charge in [-0.15, -0.1) is 11.3 Å². The number of hydrogen-bond acceptors (Lipinski definition) is 6. The SMILES string of the molecule is c1ccc(-c2nc(-c3ccc4c(c3)oc3cc(-c5cccc6c5oc5ccccc56)ccc34)nc(-c3cccc4c3sc3ccccc34)n2)cc1. The van der Waals surface area contributed by atoms with Crippen LogP contribution in [0, 0.1) is 0 Å². The predicted molar refractivity (Wildman–Crippen MR) is 209 cm³/mol. The van der Waals surface area contributed by atoms with E-state index in [4.69, 9.17) is 23.8 Å². The van der Waals surface area contributed by atoms with Gasteiger partial charge in [-0.3, -0.25) is 0 Å². The highest BCUT2D eigenvalue weighted by molar-refractivity contribution is 7.26. The van der Waals surface area contributed by atoms with Crippen molar-refractivity contribution in [1.82, 2.24) is 15.0 Å². The number of benzene rings is 7. The van der Waals surface area contributed by atoms with Crippen LogP contribution < -0.4 is 0 Å². The summed E-state index contributed by atoms with van der Waals surface area (Å²) < 4.78 is 15.3. The summed E-state index contributed by atoms with van der Waals surface area (Å²) in [6.07, 6.45) is 0. The van der Waals surface area contributed by atoms with Crippen LogP contribution in [0.4, 0.5) is 0 Å². The van der Waals surface area contributed by atoms with Crippen LogP contribution in [-0.4, -0.2) is 15.0 Å². The molecule has 0 amide bonds. The lowest BCUT2D eigenvalue weighted by atomic mass is 10.0. The molecule has 0 saturated carbocycles. The number of rotatable bonds is 4. The van der Waals surface area contributed by atoms with Gasteiger partial charge in [0.25, 0.3) is 0 Å². The number of furan rings is 2. The lowest BCUT2D eigenvalue weighted by molar-refractivity contribution is 0.668. The Kier molecular flexibility index (Phi) is 6.05. The first-order valence-electron chi connectivity index (χ1n) is 16.8. The first kappa shape index (κ1) is 28.2. The molecule has 0 saturated heterocycles. The average molecular weight is 672 g/mol. The molecule has 6 heteroatoms. The third-order valence-electron chi connectivity index (χ3n) is 9.76. The molecule has 11 aromatic rings. The summed E-state index contributed by atoms with van der Waals surface area (Å²) in [6, 6.07) is 52.1. The van der Waals surface area contributed by atoms with E-state index < -0.39 is 0 Å². The number of para-hydroxylation sites is 2. The summed E-state index contributed by atoms with van der Waals surface area (Å²) >= 11 is 1.77. The number of hydrogen-bond donors (Lipinski definition) is 0. The molecule has 0 unspecified atom stereocenters. The average Bonchev–Trinajstić information content (AvgIpc) is 3.88. The van der Waals surface area contributed by atoms with E-state index in [1.165, 1.54) is 15.5 Å². The van der Waals surface area contributed by atoms with E-state index in [1.807, 2.05) is 54.6 Å². The Morgan fingerprint density at radius 3 is 1.82 bits per heavy atom. The summed E-state index contributed by atoms with van der Waals surface area (Å²) in [5, 5.41) is 6.75. The van der Waals surface area contributed by atoms with Gasteiger partial charge in [0.15, 0.2) is 17.5 Å². The minimum atomic E-state index is 0.594. The summed E-state index contributed by atoms with van der Waals surface area (Å²) in [4.78, 5) is 15.2. The number of thiophene rings is 1. The van der Waals surface area contributed by atoms with Gasteiger partial charge < -0.3 is 8.83 Å². The van der Waals surface area contributed by atoms with Crippen LogP contribution in [0.1, 0.15) is 0 Å². The highest BCUT2D eigenvalue weighted by Gasteiger charge is 2.18.